The van der Waals surface area contributed by atoms with Crippen molar-refractivity contribution in [3.05, 3.63) is 0 Å². The van der Waals surface area contributed by atoms with Crippen molar-refractivity contribution in [2.24, 2.45) is 5.73 Å². The molecule has 1 saturated carbocycles. The molecule has 4 heteroatoms. The van der Waals surface area contributed by atoms with Gasteiger partial charge in [0.05, 0.1) is 12.7 Å². The first-order chi connectivity index (χ1) is 8.17. The van der Waals surface area contributed by atoms with E-state index in [0.29, 0.717) is 25.3 Å². The summed E-state index contributed by atoms with van der Waals surface area (Å²) in [6, 6.07) is 0.981. The Labute approximate surface area is 105 Å². The number of aliphatic hydroxyl groups excluding tert-OH is 1. The highest BCUT2D eigenvalue weighted by molar-refractivity contribution is 4.81. The summed E-state index contributed by atoms with van der Waals surface area (Å²) in [4.78, 5) is 2.37. The third kappa shape index (κ3) is 5.34. The van der Waals surface area contributed by atoms with Crippen molar-refractivity contribution in [2.45, 2.75) is 57.7 Å². The predicted molar refractivity (Wildman–Crippen MR) is 70.0 cm³/mol. The number of rotatable bonds is 7. The van der Waals surface area contributed by atoms with Gasteiger partial charge in [-0.3, -0.25) is 4.90 Å². The van der Waals surface area contributed by atoms with E-state index in [2.05, 4.69) is 11.8 Å². The van der Waals surface area contributed by atoms with Crippen molar-refractivity contribution >= 4 is 0 Å². The Kier molecular flexibility index (Phi) is 7.04. The van der Waals surface area contributed by atoms with Crippen LogP contribution in [0.4, 0.5) is 0 Å². The zero-order chi connectivity index (χ0) is 12.7. The third-order valence-corrected chi connectivity index (χ3v) is 3.62. The van der Waals surface area contributed by atoms with E-state index in [9.17, 15) is 5.11 Å². The zero-order valence-electron chi connectivity index (χ0n) is 11.3. The van der Waals surface area contributed by atoms with E-state index in [1.165, 1.54) is 0 Å². The molecule has 0 bridgehead atoms. The Morgan fingerprint density at radius 2 is 1.94 bits per heavy atom. The lowest BCUT2D eigenvalue weighted by Crippen LogP contribution is -2.45. The van der Waals surface area contributed by atoms with Gasteiger partial charge in [0.2, 0.25) is 0 Å². The van der Waals surface area contributed by atoms with Crippen molar-refractivity contribution < 1.29 is 9.84 Å². The number of ether oxygens (including phenoxy) is 1. The number of hydrogen-bond donors (Lipinski definition) is 2. The van der Waals surface area contributed by atoms with E-state index in [4.69, 9.17) is 10.5 Å². The molecule has 1 aliphatic rings. The molecule has 3 N–H and O–H groups in total. The standard InChI is InChI=1S/C13H28N2O2/c1-3-15(9-13(16)10-17-4-2)12-7-5-11(14)6-8-12/h11-13,16H,3-10,14H2,1-2H3. The van der Waals surface area contributed by atoms with E-state index in [0.717, 1.165) is 38.8 Å². The molecule has 0 amide bonds. The van der Waals surface area contributed by atoms with Gasteiger partial charge in [0.1, 0.15) is 0 Å². The Morgan fingerprint density at radius 3 is 2.47 bits per heavy atom. The SMILES string of the molecule is CCOCC(O)CN(CC)C1CCC(N)CC1. The number of aliphatic hydroxyl groups is 1. The molecule has 4 nitrogen and oxygen atoms in total. The molecule has 0 heterocycles. The maximum absolute atomic E-state index is 9.87. The number of nitrogens with zero attached hydrogens (tertiary/aromatic N) is 1. The van der Waals surface area contributed by atoms with Crippen molar-refractivity contribution in [3.63, 3.8) is 0 Å². The van der Waals surface area contributed by atoms with Crippen molar-refractivity contribution in [1.82, 2.24) is 4.90 Å². The number of hydrogen-bond acceptors (Lipinski definition) is 4. The fourth-order valence-corrected chi connectivity index (χ4v) is 2.58. The summed E-state index contributed by atoms with van der Waals surface area (Å²) >= 11 is 0. The topological polar surface area (TPSA) is 58.7 Å². The molecule has 1 rings (SSSR count). The normalized spacial score (nSPS) is 27.4. The molecular formula is C13H28N2O2. The minimum Gasteiger partial charge on any atom is -0.389 e. The summed E-state index contributed by atoms with van der Waals surface area (Å²) in [6.45, 7) is 6.93. The van der Waals surface area contributed by atoms with Crippen LogP contribution in [0.25, 0.3) is 0 Å². The van der Waals surface area contributed by atoms with Crippen molar-refractivity contribution in [2.75, 3.05) is 26.3 Å². The molecule has 17 heavy (non-hydrogen) atoms. The van der Waals surface area contributed by atoms with Gasteiger partial charge in [-0.15, -0.1) is 0 Å². The van der Waals surface area contributed by atoms with Gasteiger partial charge in [0, 0.05) is 25.2 Å². The molecule has 0 aliphatic heterocycles. The molecule has 0 radical (unpaired) electrons. The van der Waals surface area contributed by atoms with Crippen LogP contribution in [0.3, 0.4) is 0 Å². The van der Waals surface area contributed by atoms with Crippen LogP contribution in [0.1, 0.15) is 39.5 Å². The van der Waals surface area contributed by atoms with Crippen LogP contribution in [0.2, 0.25) is 0 Å². The lowest BCUT2D eigenvalue weighted by atomic mass is 9.90. The van der Waals surface area contributed by atoms with Gasteiger partial charge < -0.3 is 15.6 Å². The summed E-state index contributed by atoms with van der Waals surface area (Å²) in [5.74, 6) is 0. The monoisotopic (exact) mass is 244 g/mol. The minimum absolute atomic E-state index is 0.370. The summed E-state index contributed by atoms with van der Waals surface area (Å²) in [5, 5.41) is 9.87. The molecular weight excluding hydrogens is 216 g/mol. The average molecular weight is 244 g/mol. The molecule has 0 aromatic carbocycles. The largest absolute Gasteiger partial charge is 0.389 e. The highest BCUT2D eigenvalue weighted by Crippen LogP contribution is 2.22. The number of likely N-dealkylation sites (N-methyl/N-ethyl adjacent to an activating group) is 1. The summed E-state index contributed by atoms with van der Waals surface area (Å²) < 4.78 is 5.25. The zero-order valence-corrected chi connectivity index (χ0v) is 11.3. The smallest absolute Gasteiger partial charge is 0.0900 e. The van der Waals surface area contributed by atoms with Gasteiger partial charge >= 0.3 is 0 Å². The second kappa shape index (κ2) is 8.03. The Bertz CT molecular complexity index is 194. The van der Waals surface area contributed by atoms with E-state index < -0.39 is 0 Å². The predicted octanol–water partition coefficient (Wildman–Crippen LogP) is 0.976. The quantitative estimate of drug-likeness (QED) is 0.701. The fraction of sp³-hybridized carbons (Fsp3) is 1.00. The molecule has 0 aromatic rings. The Balaban J connectivity index is 2.31. The van der Waals surface area contributed by atoms with Gasteiger partial charge in [-0.05, 0) is 39.2 Å². The van der Waals surface area contributed by atoms with Gasteiger partial charge in [-0.2, -0.15) is 0 Å². The highest BCUT2D eigenvalue weighted by atomic mass is 16.5. The summed E-state index contributed by atoms with van der Waals surface area (Å²) in [6.07, 6.45) is 4.18. The molecule has 0 aromatic heterocycles. The molecule has 1 unspecified atom stereocenters. The highest BCUT2D eigenvalue weighted by Gasteiger charge is 2.24. The maximum Gasteiger partial charge on any atom is 0.0900 e. The molecule has 0 saturated heterocycles. The van der Waals surface area contributed by atoms with Crippen molar-refractivity contribution in [1.29, 1.82) is 0 Å². The maximum atomic E-state index is 9.87. The van der Waals surface area contributed by atoms with E-state index in [-0.39, 0.29) is 6.10 Å². The van der Waals surface area contributed by atoms with Crippen LogP contribution < -0.4 is 5.73 Å². The van der Waals surface area contributed by atoms with Crippen LogP contribution in [0.5, 0.6) is 0 Å². The molecule has 1 fully saturated rings. The van der Waals surface area contributed by atoms with Gasteiger partial charge in [0.25, 0.3) is 0 Å². The van der Waals surface area contributed by atoms with Gasteiger partial charge in [-0.25, -0.2) is 0 Å². The first kappa shape index (κ1) is 14.9. The molecule has 1 aliphatic carbocycles. The molecule has 1 atom stereocenters. The van der Waals surface area contributed by atoms with E-state index >= 15 is 0 Å². The van der Waals surface area contributed by atoms with Crippen LogP contribution in [0.15, 0.2) is 0 Å². The second-order valence-corrected chi connectivity index (χ2v) is 4.97. The van der Waals surface area contributed by atoms with E-state index in [1.807, 2.05) is 6.92 Å². The number of nitrogens with two attached hydrogens (primary N) is 1. The van der Waals surface area contributed by atoms with Gasteiger partial charge in [-0.1, -0.05) is 6.92 Å². The third-order valence-electron chi connectivity index (χ3n) is 3.62. The fourth-order valence-electron chi connectivity index (χ4n) is 2.58. The Morgan fingerprint density at radius 1 is 1.29 bits per heavy atom. The minimum atomic E-state index is -0.370. The molecule has 102 valence electrons. The van der Waals surface area contributed by atoms with Crippen molar-refractivity contribution in [3.8, 4) is 0 Å². The lowest BCUT2D eigenvalue weighted by Gasteiger charge is -2.36. The Hall–Kier alpha value is -0.160. The van der Waals surface area contributed by atoms with Gasteiger partial charge in [0.15, 0.2) is 0 Å². The summed E-state index contributed by atoms with van der Waals surface area (Å²) in [7, 11) is 0. The average Bonchev–Trinajstić information content (AvgIpc) is 2.34. The van der Waals surface area contributed by atoms with Crippen LogP contribution in [0, 0.1) is 0 Å². The first-order valence-electron chi connectivity index (χ1n) is 6.92. The van der Waals surface area contributed by atoms with Crippen LogP contribution in [-0.2, 0) is 4.74 Å². The second-order valence-electron chi connectivity index (χ2n) is 4.97. The van der Waals surface area contributed by atoms with E-state index in [1.54, 1.807) is 0 Å². The first-order valence-corrected chi connectivity index (χ1v) is 6.92. The van der Waals surface area contributed by atoms with Crippen LogP contribution >= 0.6 is 0 Å². The molecule has 0 spiro atoms. The lowest BCUT2D eigenvalue weighted by molar-refractivity contribution is 0.00898. The summed E-state index contributed by atoms with van der Waals surface area (Å²) in [5.41, 5.74) is 5.92. The van der Waals surface area contributed by atoms with Crippen LogP contribution in [-0.4, -0.2) is 54.5 Å².